The third-order valence-electron chi connectivity index (χ3n) is 2.77. The van der Waals surface area contributed by atoms with E-state index in [2.05, 4.69) is 9.82 Å². The van der Waals surface area contributed by atoms with E-state index >= 15 is 0 Å². The van der Waals surface area contributed by atoms with Gasteiger partial charge in [-0.3, -0.25) is 9.48 Å². The van der Waals surface area contributed by atoms with E-state index in [9.17, 15) is 13.2 Å². The summed E-state index contributed by atoms with van der Waals surface area (Å²) in [7, 11) is -3.78. The molecule has 9 heteroatoms. The molecule has 20 heavy (non-hydrogen) atoms. The van der Waals surface area contributed by atoms with Gasteiger partial charge < -0.3 is 10.2 Å². The molecule has 0 aliphatic rings. The number of aliphatic hydroxyl groups excluding tert-OH is 1. The molecular weight excluding hydrogens is 286 g/mol. The van der Waals surface area contributed by atoms with Gasteiger partial charge in [-0.2, -0.15) is 5.10 Å². The first-order valence-electron chi connectivity index (χ1n) is 6.13. The number of carboxylic acids is 1. The Hall–Kier alpha value is -1.45. The van der Waals surface area contributed by atoms with Crippen LogP contribution in [0.1, 0.15) is 20.3 Å². The Morgan fingerprint density at radius 2 is 2.15 bits per heavy atom. The molecule has 0 radical (unpaired) electrons. The van der Waals surface area contributed by atoms with Gasteiger partial charge in [0.2, 0.25) is 10.0 Å². The van der Waals surface area contributed by atoms with Gasteiger partial charge in [-0.25, -0.2) is 13.1 Å². The van der Waals surface area contributed by atoms with Crippen molar-refractivity contribution in [2.24, 2.45) is 5.92 Å². The zero-order valence-electron chi connectivity index (χ0n) is 11.4. The summed E-state index contributed by atoms with van der Waals surface area (Å²) < 4.78 is 27.8. The molecule has 1 rings (SSSR count). The number of rotatable bonds is 8. The number of hydrogen-bond acceptors (Lipinski definition) is 5. The predicted molar refractivity (Wildman–Crippen MR) is 70.5 cm³/mol. The number of sulfonamides is 1. The second kappa shape index (κ2) is 6.82. The Kier molecular flexibility index (Phi) is 5.66. The van der Waals surface area contributed by atoms with E-state index < -0.39 is 28.6 Å². The van der Waals surface area contributed by atoms with Crippen LogP contribution in [-0.4, -0.2) is 47.0 Å². The molecule has 0 saturated carbocycles. The molecule has 0 aliphatic carbocycles. The highest BCUT2D eigenvalue weighted by atomic mass is 32.2. The van der Waals surface area contributed by atoms with Gasteiger partial charge >= 0.3 is 5.97 Å². The van der Waals surface area contributed by atoms with Crippen molar-refractivity contribution in [2.45, 2.75) is 37.8 Å². The van der Waals surface area contributed by atoms with Crippen LogP contribution in [0.25, 0.3) is 0 Å². The zero-order valence-corrected chi connectivity index (χ0v) is 12.2. The highest BCUT2D eigenvalue weighted by Crippen LogP contribution is 2.13. The molecule has 0 bridgehead atoms. The molecule has 114 valence electrons. The van der Waals surface area contributed by atoms with Gasteiger partial charge in [0.25, 0.3) is 0 Å². The van der Waals surface area contributed by atoms with Crippen molar-refractivity contribution in [3.05, 3.63) is 12.4 Å². The maximum absolute atomic E-state index is 12.1. The van der Waals surface area contributed by atoms with Gasteiger partial charge in [0.15, 0.2) is 0 Å². The molecule has 3 N–H and O–H groups in total. The lowest BCUT2D eigenvalue weighted by molar-refractivity contribution is -0.137. The van der Waals surface area contributed by atoms with Gasteiger partial charge in [-0.15, -0.1) is 0 Å². The van der Waals surface area contributed by atoms with E-state index in [4.69, 9.17) is 10.2 Å². The summed E-state index contributed by atoms with van der Waals surface area (Å²) in [6.07, 6.45) is 2.56. The number of aromatic nitrogens is 2. The van der Waals surface area contributed by atoms with Crippen LogP contribution in [0.15, 0.2) is 17.3 Å². The van der Waals surface area contributed by atoms with E-state index in [0.29, 0.717) is 6.42 Å². The molecule has 1 heterocycles. The van der Waals surface area contributed by atoms with E-state index in [-0.39, 0.29) is 17.4 Å². The zero-order chi connectivity index (χ0) is 15.3. The van der Waals surface area contributed by atoms with Crippen molar-refractivity contribution in [3.63, 3.8) is 0 Å². The number of carboxylic acid groups (broad SMARTS) is 1. The Balaban J connectivity index is 2.87. The Bertz CT molecular complexity index is 552. The van der Waals surface area contributed by atoms with Crippen molar-refractivity contribution < 1.29 is 23.4 Å². The standard InChI is InChI=1S/C11H19N3O5S/c1-8(2)10(3-4-15)13-20(18,19)9-5-12-14(6-9)7-11(16)17/h5-6,8,10,13,15H,3-4,7H2,1-2H3,(H,16,17). The van der Waals surface area contributed by atoms with Crippen LogP contribution in [0.5, 0.6) is 0 Å². The highest BCUT2D eigenvalue weighted by Gasteiger charge is 2.23. The fraction of sp³-hybridized carbons (Fsp3) is 0.636. The summed E-state index contributed by atoms with van der Waals surface area (Å²) in [5.74, 6) is -1.09. The van der Waals surface area contributed by atoms with Gasteiger partial charge in [0.1, 0.15) is 11.4 Å². The minimum absolute atomic E-state index is 0.0194. The average Bonchev–Trinajstić information content (AvgIpc) is 2.76. The SMILES string of the molecule is CC(C)C(CCO)NS(=O)(=O)c1cnn(CC(=O)O)c1. The molecular formula is C11H19N3O5S. The van der Waals surface area contributed by atoms with E-state index in [1.54, 1.807) is 0 Å². The number of aliphatic carboxylic acids is 1. The monoisotopic (exact) mass is 305 g/mol. The summed E-state index contributed by atoms with van der Waals surface area (Å²) in [5, 5.41) is 21.2. The second-order valence-electron chi connectivity index (χ2n) is 4.75. The molecule has 1 aromatic rings. The lowest BCUT2D eigenvalue weighted by Crippen LogP contribution is -2.39. The molecule has 0 aromatic carbocycles. The van der Waals surface area contributed by atoms with Crippen molar-refractivity contribution in [3.8, 4) is 0 Å². The normalized spacial score (nSPS) is 13.6. The number of aliphatic hydroxyl groups is 1. The Labute approximate surface area is 117 Å². The molecule has 0 aliphatic heterocycles. The third-order valence-corrected chi connectivity index (χ3v) is 4.21. The van der Waals surface area contributed by atoms with Crippen LogP contribution in [0.2, 0.25) is 0 Å². The molecule has 0 spiro atoms. The molecule has 1 atom stereocenters. The predicted octanol–water partition coefficient (Wildman–Crippen LogP) is -0.347. The minimum Gasteiger partial charge on any atom is -0.480 e. The molecule has 0 fully saturated rings. The average molecular weight is 305 g/mol. The first kappa shape index (κ1) is 16.6. The van der Waals surface area contributed by atoms with Crippen LogP contribution in [-0.2, 0) is 21.4 Å². The van der Waals surface area contributed by atoms with Crippen LogP contribution >= 0.6 is 0 Å². The topological polar surface area (TPSA) is 122 Å². The maximum atomic E-state index is 12.1. The van der Waals surface area contributed by atoms with E-state index in [1.165, 1.54) is 0 Å². The molecule has 1 aromatic heterocycles. The van der Waals surface area contributed by atoms with Crippen LogP contribution in [0, 0.1) is 5.92 Å². The molecule has 0 amide bonds. The van der Waals surface area contributed by atoms with Crippen LogP contribution in [0.3, 0.4) is 0 Å². The van der Waals surface area contributed by atoms with Gasteiger partial charge in [0.05, 0.1) is 6.20 Å². The fourth-order valence-electron chi connectivity index (χ4n) is 1.64. The summed E-state index contributed by atoms with van der Waals surface area (Å²) in [4.78, 5) is 10.4. The minimum atomic E-state index is -3.78. The molecule has 0 saturated heterocycles. The van der Waals surface area contributed by atoms with Gasteiger partial charge in [0, 0.05) is 18.8 Å². The van der Waals surface area contributed by atoms with Crippen LogP contribution in [0.4, 0.5) is 0 Å². The van der Waals surface area contributed by atoms with Crippen molar-refractivity contribution in [1.29, 1.82) is 0 Å². The van der Waals surface area contributed by atoms with Crippen molar-refractivity contribution >= 4 is 16.0 Å². The smallest absolute Gasteiger partial charge is 0.325 e. The largest absolute Gasteiger partial charge is 0.480 e. The highest BCUT2D eigenvalue weighted by molar-refractivity contribution is 7.89. The summed E-state index contributed by atoms with van der Waals surface area (Å²) in [6, 6.07) is -0.396. The molecule has 1 unspecified atom stereocenters. The van der Waals surface area contributed by atoms with E-state index in [1.807, 2.05) is 13.8 Å². The Morgan fingerprint density at radius 3 is 2.65 bits per heavy atom. The number of nitrogens with zero attached hydrogens (tertiary/aromatic N) is 2. The number of hydrogen-bond donors (Lipinski definition) is 3. The summed E-state index contributed by atoms with van der Waals surface area (Å²) in [6.45, 7) is 3.16. The maximum Gasteiger partial charge on any atom is 0.325 e. The number of nitrogens with one attached hydrogen (secondary N) is 1. The molecule has 8 nitrogen and oxygen atoms in total. The Morgan fingerprint density at radius 1 is 1.50 bits per heavy atom. The lowest BCUT2D eigenvalue weighted by atomic mass is 10.0. The summed E-state index contributed by atoms with van der Waals surface area (Å²) in [5.41, 5.74) is 0. The lowest BCUT2D eigenvalue weighted by Gasteiger charge is -2.20. The van der Waals surface area contributed by atoms with Crippen molar-refractivity contribution in [1.82, 2.24) is 14.5 Å². The number of carbonyl (C=O) groups is 1. The first-order valence-corrected chi connectivity index (χ1v) is 7.62. The second-order valence-corrected chi connectivity index (χ2v) is 6.47. The van der Waals surface area contributed by atoms with E-state index in [0.717, 1.165) is 17.1 Å². The quantitative estimate of drug-likeness (QED) is 0.603. The van der Waals surface area contributed by atoms with Gasteiger partial charge in [-0.05, 0) is 12.3 Å². The fourth-order valence-corrected chi connectivity index (χ4v) is 3.01. The first-order chi connectivity index (χ1) is 9.26. The van der Waals surface area contributed by atoms with Crippen molar-refractivity contribution in [2.75, 3.05) is 6.61 Å². The van der Waals surface area contributed by atoms with Crippen LogP contribution < -0.4 is 4.72 Å². The third kappa shape index (κ3) is 4.58. The summed E-state index contributed by atoms with van der Waals surface area (Å²) >= 11 is 0. The van der Waals surface area contributed by atoms with Gasteiger partial charge in [-0.1, -0.05) is 13.8 Å².